The minimum absolute atomic E-state index is 0.0369. The number of hydrogen-bond acceptors (Lipinski definition) is 6. The van der Waals surface area contributed by atoms with Crippen LogP contribution in [0.5, 0.6) is 23.0 Å². The van der Waals surface area contributed by atoms with Crippen molar-refractivity contribution in [2.45, 2.75) is 25.5 Å². The van der Waals surface area contributed by atoms with E-state index in [1.807, 2.05) is 12.1 Å². The van der Waals surface area contributed by atoms with Crippen molar-refractivity contribution in [3.63, 3.8) is 0 Å². The van der Waals surface area contributed by atoms with Crippen molar-refractivity contribution in [3.05, 3.63) is 45.4 Å². The number of ether oxygens (including phenoxy) is 5. The van der Waals surface area contributed by atoms with Crippen LogP contribution >= 0.6 is 23.2 Å². The average molecular weight is 484 g/mol. The van der Waals surface area contributed by atoms with E-state index in [0.717, 1.165) is 18.4 Å². The van der Waals surface area contributed by atoms with Crippen LogP contribution in [0.15, 0.2) is 24.3 Å². The number of rotatable bonds is 9. The summed E-state index contributed by atoms with van der Waals surface area (Å²) >= 11 is 12.5. The molecule has 0 unspecified atom stereocenters. The first-order valence-corrected chi connectivity index (χ1v) is 10.9. The molecule has 7 nitrogen and oxygen atoms in total. The normalized spacial score (nSPS) is 15.4. The molecule has 9 heteroatoms. The SMILES string of the molecule is COc1cc(CN(C[C@H]2CCCO2)C(=O)c2cc(Cl)c(OC)c(Cl)c2)cc(OC)c1OC. The molecule has 0 aromatic heterocycles. The van der Waals surface area contributed by atoms with Gasteiger partial charge in [0.15, 0.2) is 17.2 Å². The van der Waals surface area contributed by atoms with Gasteiger partial charge in [-0.1, -0.05) is 23.2 Å². The van der Waals surface area contributed by atoms with Crippen LogP contribution in [0.2, 0.25) is 10.0 Å². The highest BCUT2D eigenvalue weighted by Gasteiger charge is 2.26. The van der Waals surface area contributed by atoms with E-state index in [0.29, 0.717) is 48.3 Å². The van der Waals surface area contributed by atoms with E-state index in [9.17, 15) is 4.79 Å². The molecule has 1 fully saturated rings. The van der Waals surface area contributed by atoms with Gasteiger partial charge in [-0.25, -0.2) is 0 Å². The predicted molar refractivity (Wildman–Crippen MR) is 123 cm³/mol. The van der Waals surface area contributed by atoms with E-state index >= 15 is 0 Å². The molecule has 1 heterocycles. The van der Waals surface area contributed by atoms with Gasteiger partial charge in [-0.15, -0.1) is 0 Å². The molecular weight excluding hydrogens is 457 g/mol. The second kappa shape index (κ2) is 11.0. The summed E-state index contributed by atoms with van der Waals surface area (Å²) in [6.07, 6.45) is 1.82. The number of carbonyl (C=O) groups excluding carboxylic acids is 1. The van der Waals surface area contributed by atoms with Crippen LogP contribution in [-0.2, 0) is 11.3 Å². The summed E-state index contributed by atoms with van der Waals surface area (Å²) < 4.78 is 27.3. The maximum atomic E-state index is 13.5. The second-order valence-corrected chi connectivity index (χ2v) is 8.14. The van der Waals surface area contributed by atoms with E-state index in [1.54, 1.807) is 38.4 Å². The fourth-order valence-corrected chi connectivity index (χ4v) is 4.40. The van der Waals surface area contributed by atoms with Crippen molar-refractivity contribution in [1.29, 1.82) is 0 Å². The lowest BCUT2D eigenvalue weighted by atomic mass is 10.1. The number of hydrogen-bond donors (Lipinski definition) is 0. The van der Waals surface area contributed by atoms with Crippen molar-refractivity contribution in [1.82, 2.24) is 4.90 Å². The van der Waals surface area contributed by atoms with Gasteiger partial charge in [-0.3, -0.25) is 4.79 Å². The average Bonchev–Trinajstić information content (AvgIpc) is 3.30. The summed E-state index contributed by atoms with van der Waals surface area (Å²) in [7, 11) is 6.13. The molecule has 0 N–H and O–H groups in total. The van der Waals surface area contributed by atoms with Gasteiger partial charge in [0.25, 0.3) is 5.91 Å². The van der Waals surface area contributed by atoms with Crippen LogP contribution in [0.25, 0.3) is 0 Å². The van der Waals surface area contributed by atoms with Crippen LogP contribution in [-0.4, -0.2) is 58.5 Å². The van der Waals surface area contributed by atoms with Crippen LogP contribution in [0, 0.1) is 0 Å². The zero-order chi connectivity index (χ0) is 23.3. The molecule has 0 bridgehead atoms. The summed E-state index contributed by atoms with van der Waals surface area (Å²) in [6, 6.07) is 6.77. The standard InChI is InChI=1S/C23H27Cl2NO6/c1-28-19-8-14(9-20(29-2)22(19)31-4)12-26(13-16-6-5-7-32-16)23(27)15-10-17(24)21(30-3)18(25)11-15/h8-11,16H,5-7,12-13H2,1-4H3/t16-/m1/s1. The van der Waals surface area contributed by atoms with Crippen molar-refractivity contribution >= 4 is 29.1 Å². The highest BCUT2D eigenvalue weighted by molar-refractivity contribution is 6.37. The molecule has 2 aromatic rings. The lowest BCUT2D eigenvalue weighted by Gasteiger charge is -2.26. The van der Waals surface area contributed by atoms with Crippen LogP contribution in [0.3, 0.4) is 0 Å². The van der Waals surface area contributed by atoms with Gasteiger partial charge in [-0.05, 0) is 42.7 Å². The summed E-state index contributed by atoms with van der Waals surface area (Å²) in [5.74, 6) is 1.63. The van der Waals surface area contributed by atoms with Gasteiger partial charge in [0.2, 0.25) is 5.75 Å². The number of methoxy groups -OCH3 is 4. The third kappa shape index (κ3) is 5.34. The molecule has 174 valence electrons. The van der Waals surface area contributed by atoms with E-state index in [4.69, 9.17) is 46.9 Å². The second-order valence-electron chi connectivity index (χ2n) is 7.33. The molecule has 0 spiro atoms. The summed E-state index contributed by atoms with van der Waals surface area (Å²) in [5.41, 5.74) is 1.18. The molecule has 1 amide bonds. The fraction of sp³-hybridized carbons (Fsp3) is 0.435. The van der Waals surface area contributed by atoms with Crippen molar-refractivity contribution in [3.8, 4) is 23.0 Å². The van der Waals surface area contributed by atoms with Crippen molar-refractivity contribution in [2.24, 2.45) is 0 Å². The highest BCUT2D eigenvalue weighted by atomic mass is 35.5. The molecule has 1 saturated heterocycles. The Bertz CT molecular complexity index is 913. The van der Waals surface area contributed by atoms with Gasteiger partial charge in [-0.2, -0.15) is 0 Å². The molecule has 3 rings (SSSR count). The molecule has 1 atom stereocenters. The lowest BCUT2D eigenvalue weighted by molar-refractivity contribution is 0.0507. The molecule has 32 heavy (non-hydrogen) atoms. The number of benzene rings is 2. The quantitative estimate of drug-likeness (QED) is 0.507. The molecule has 0 saturated carbocycles. The number of carbonyl (C=O) groups is 1. The van der Waals surface area contributed by atoms with Gasteiger partial charge < -0.3 is 28.6 Å². The Balaban J connectivity index is 1.95. The molecule has 1 aliphatic heterocycles. The first kappa shape index (κ1) is 24.3. The molecule has 0 aliphatic carbocycles. The van der Waals surface area contributed by atoms with Crippen LogP contribution in [0.1, 0.15) is 28.8 Å². The maximum Gasteiger partial charge on any atom is 0.254 e. The fourth-order valence-electron chi connectivity index (χ4n) is 3.76. The smallest absolute Gasteiger partial charge is 0.254 e. The van der Waals surface area contributed by atoms with Crippen molar-refractivity contribution in [2.75, 3.05) is 41.6 Å². The largest absolute Gasteiger partial charge is 0.494 e. The maximum absolute atomic E-state index is 13.5. The molecule has 2 aromatic carbocycles. The Morgan fingerprint density at radius 3 is 2.03 bits per heavy atom. The van der Waals surface area contributed by atoms with Gasteiger partial charge >= 0.3 is 0 Å². The van der Waals surface area contributed by atoms with E-state index in [2.05, 4.69) is 0 Å². The Kier molecular flexibility index (Phi) is 8.34. The molecule has 0 radical (unpaired) electrons. The lowest BCUT2D eigenvalue weighted by Crippen LogP contribution is -2.37. The van der Waals surface area contributed by atoms with Crippen LogP contribution < -0.4 is 18.9 Å². The zero-order valence-electron chi connectivity index (χ0n) is 18.6. The molecular formula is C23H27Cl2NO6. The van der Waals surface area contributed by atoms with E-state index < -0.39 is 0 Å². The number of halogens is 2. The highest BCUT2D eigenvalue weighted by Crippen LogP contribution is 2.39. The number of amides is 1. The summed E-state index contributed by atoms with van der Waals surface area (Å²) in [6.45, 7) is 1.42. The van der Waals surface area contributed by atoms with Crippen LogP contribution in [0.4, 0.5) is 0 Å². The van der Waals surface area contributed by atoms with E-state index in [-0.39, 0.29) is 22.1 Å². The monoisotopic (exact) mass is 483 g/mol. The number of nitrogens with zero attached hydrogens (tertiary/aromatic N) is 1. The third-order valence-corrected chi connectivity index (χ3v) is 5.84. The Labute approximate surface area is 198 Å². The first-order chi connectivity index (χ1) is 15.4. The third-order valence-electron chi connectivity index (χ3n) is 5.28. The first-order valence-electron chi connectivity index (χ1n) is 10.1. The summed E-state index contributed by atoms with van der Waals surface area (Å²) in [4.78, 5) is 15.2. The Hall–Kier alpha value is -2.35. The van der Waals surface area contributed by atoms with Gasteiger partial charge in [0.05, 0.1) is 44.6 Å². The molecule has 1 aliphatic rings. The zero-order valence-corrected chi connectivity index (χ0v) is 20.1. The van der Waals surface area contributed by atoms with Gasteiger partial charge in [0, 0.05) is 25.3 Å². The predicted octanol–water partition coefficient (Wildman–Crippen LogP) is 4.85. The topological polar surface area (TPSA) is 66.5 Å². The minimum Gasteiger partial charge on any atom is -0.494 e. The summed E-state index contributed by atoms with van der Waals surface area (Å²) in [5, 5.41) is 0.543. The Morgan fingerprint density at radius 2 is 1.56 bits per heavy atom. The minimum atomic E-state index is -0.222. The van der Waals surface area contributed by atoms with E-state index in [1.165, 1.54) is 7.11 Å². The Morgan fingerprint density at radius 1 is 0.969 bits per heavy atom. The van der Waals surface area contributed by atoms with Gasteiger partial charge in [0.1, 0.15) is 0 Å². The van der Waals surface area contributed by atoms with Crippen molar-refractivity contribution < 1.29 is 28.5 Å².